The van der Waals surface area contributed by atoms with Crippen LogP contribution in [0.4, 0.5) is 5.69 Å². The van der Waals surface area contributed by atoms with Gasteiger partial charge in [0, 0.05) is 24.7 Å². The second-order valence-electron chi connectivity index (χ2n) is 9.50. The van der Waals surface area contributed by atoms with E-state index in [4.69, 9.17) is 27.9 Å². The summed E-state index contributed by atoms with van der Waals surface area (Å²) in [6, 6.07) is 15.9. The number of nitrogens with one attached hydrogen (secondary N) is 3. The van der Waals surface area contributed by atoms with Crippen LogP contribution in [0.15, 0.2) is 60.7 Å². The van der Waals surface area contributed by atoms with Crippen LogP contribution >= 0.6 is 23.2 Å². The molecule has 1 aliphatic rings. The second-order valence-corrected chi connectivity index (χ2v) is 10.3. The number of ether oxygens (including phenoxy) is 1. The van der Waals surface area contributed by atoms with Gasteiger partial charge in [-0.15, -0.1) is 0 Å². The van der Waals surface area contributed by atoms with Crippen molar-refractivity contribution in [2.45, 2.75) is 31.3 Å². The minimum atomic E-state index is -1.21. The molecule has 0 spiro atoms. The third-order valence-electron chi connectivity index (χ3n) is 6.83. The third-order valence-corrected chi connectivity index (χ3v) is 7.43. The molecule has 0 aliphatic heterocycles. The summed E-state index contributed by atoms with van der Waals surface area (Å²) in [6.45, 7) is -0.351. The van der Waals surface area contributed by atoms with E-state index in [1.54, 1.807) is 18.2 Å². The Bertz CT molecular complexity index is 1440. The Morgan fingerprint density at radius 3 is 2.41 bits per heavy atom. The number of nitro groups is 1. The summed E-state index contributed by atoms with van der Waals surface area (Å²) >= 11 is 12.8. The van der Waals surface area contributed by atoms with Crippen LogP contribution in [0.1, 0.15) is 40.4 Å². The molecule has 1 aliphatic carbocycles. The van der Waals surface area contributed by atoms with Gasteiger partial charge in [0.15, 0.2) is 0 Å². The Labute approximate surface area is 246 Å². The number of methoxy groups -OCH3 is 1. The highest BCUT2D eigenvalue weighted by molar-refractivity contribution is 6.40. The van der Waals surface area contributed by atoms with E-state index in [2.05, 4.69) is 16.0 Å². The maximum atomic E-state index is 13.1. The fourth-order valence-electron chi connectivity index (χ4n) is 4.76. The number of aryl methyl sites for hydroxylation is 1. The second kappa shape index (κ2) is 13.6. The van der Waals surface area contributed by atoms with E-state index < -0.39 is 28.7 Å². The van der Waals surface area contributed by atoms with Gasteiger partial charge in [-0.1, -0.05) is 59.6 Å². The lowest BCUT2D eigenvalue weighted by molar-refractivity contribution is -0.385. The number of benzene rings is 3. The van der Waals surface area contributed by atoms with Crippen LogP contribution in [-0.2, 0) is 20.7 Å². The van der Waals surface area contributed by atoms with Crippen molar-refractivity contribution in [3.05, 3.63) is 97.5 Å². The molecule has 4 rings (SSSR count). The molecule has 2 amide bonds. The fraction of sp³-hybridized carbons (Fsp3) is 0.276. The molecule has 0 aromatic heterocycles. The normalized spacial score (nSPS) is 14.9. The lowest BCUT2D eigenvalue weighted by Gasteiger charge is -2.26. The molecular formula is C29H28Cl2N4O6. The van der Waals surface area contributed by atoms with Crippen molar-refractivity contribution in [2.24, 2.45) is 0 Å². The van der Waals surface area contributed by atoms with Crippen LogP contribution in [0.5, 0.6) is 0 Å². The zero-order chi connectivity index (χ0) is 29.5. The SMILES string of the molecule is COC(=O)[C@H](CNC(=O)CNC1CCCc2ccc([N+](=O)[O-])cc21)NC(=O)c1c(Cl)cc(-c2ccccc2)cc1Cl. The summed E-state index contributed by atoms with van der Waals surface area (Å²) in [5, 5.41) is 19.7. The molecule has 12 heteroatoms. The zero-order valence-electron chi connectivity index (χ0n) is 22.1. The number of esters is 1. The number of hydrogen-bond acceptors (Lipinski definition) is 7. The molecule has 214 valence electrons. The van der Waals surface area contributed by atoms with Gasteiger partial charge in [0.1, 0.15) is 6.04 Å². The first kappa shape index (κ1) is 30.0. The monoisotopic (exact) mass is 598 g/mol. The molecular weight excluding hydrogens is 571 g/mol. The summed E-state index contributed by atoms with van der Waals surface area (Å²) in [5.41, 5.74) is 3.36. The molecule has 0 saturated carbocycles. The van der Waals surface area contributed by atoms with E-state index in [1.165, 1.54) is 19.2 Å². The maximum absolute atomic E-state index is 13.1. The average Bonchev–Trinajstić information content (AvgIpc) is 2.97. The van der Waals surface area contributed by atoms with E-state index in [1.807, 2.05) is 30.3 Å². The van der Waals surface area contributed by atoms with Crippen molar-refractivity contribution < 1.29 is 24.0 Å². The van der Waals surface area contributed by atoms with E-state index in [0.717, 1.165) is 35.1 Å². The molecule has 0 fully saturated rings. The van der Waals surface area contributed by atoms with Crippen molar-refractivity contribution >= 4 is 46.7 Å². The largest absolute Gasteiger partial charge is 0.467 e. The fourth-order valence-corrected chi connectivity index (χ4v) is 5.42. The van der Waals surface area contributed by atoms with E-state index >= 15 is 0 Å². The van der Waals surface area contributed by atoms with Gasteiger partial charge in [0.05, 0.1) is 34.2 Å². The van der Waals surface area contributed by atoms with Crippen molar-refractivity contribution in [3.63, 3.8) is 0 Å². The Balaban J connectivity index is 1.38. The summed E-state index contributed by atoms with van der Waals surface area (Å²) in [7, 11) is 1.17. The first-order chi connectivity index (χ1) is 19.7. The number of rotatable bonds is 10. The molecule has 0 saturated heterocycles. The van der Waals surface area contributed by atoms with E-state index in [-0.39, 0.29) is 40.4 Å². The Morgan fingerprint density at radius 2 is 1.76 bits per heavy atom. The van der Waals surface area contributed by atoms with Gasteiger partial charge in [-0.3, -0.25) is 19.7 Å². The van der Waals surface area contributed by atoms with Gasteiger partial charge in [-0.2, -0.15) is 0 Å². The molecule has 41 heavy (non-hydrogen) atoms. The smallest absolute Gasteiger partial charge is 0.330 e. The Morgan fingerprint density at radius 1 is 1.05 bits per heavy atom. The van der Waals surface area contributed by atoms with Gasteiger partial charge in [-0.25, -0.2) is 4.79 Å². The quantitative estimate of drug-likeness (QED) is 0.176. The lowest BCUT2D eigenvalue weighted by atomic mass is 9.87. The molecule has 0 heterocycles. The van der Waals surface area contributed by atoms with Crippen LogP contribution in [-0.4, -0.2) is 48.9 Å². The minimum absolute atomic E-state index is 0.00604. The zero-order valence-corrected chi connectivity index (χ0v) is 23.6. The number of hydrogen-bond donors (Lipinski definition) is 3. The predicted octanol–water partition coefficient (Wildman–Crippen LogP) is 4.62. The van der Waals surface area contributed by atoms with Gasteiger partial charge < -0.3 is 20.7 Å². The topological polar surface area (TPSA) is 140 Å². The summed E-state index contributed by atoms with van der Waals surface area (Å²) in [6.07, 6.45) is 2.39. The molecule has 3 aromatic rings. The van der Waals surface area contributed by atoms with Gasteiger partial charge in [0.25, 0.3) is 11.6 Å². The predicted molar refractivity (Wildman–Crippen MR) is 155 cm³/mol. The van der Waals surface area contributed by atoms with Gasteiger partial charge in [-0.05, 0) is 53.6 Å². The standard InChI is InChI=1S/C29H28Cl2N4O6/c1-41-29(38)25(34-28(37)27-22(30)12-19(13-23(27)31)17-6-3-2-4-7-17)15-33-26(36)16-32-24-9-5-8-18-10-11-20(35(39)40)14-21(18)24/h2-4,6-7,10-14,24-25,32H,5,8-9,15-16H2,1H3,(H,33,36)(H,34,37)/t24?,25-/m0/s1. The van der Waals surface area contributed by atoms with Crippen LogP contribution in [0.2, 0.25) is 10.0 Å². The first-order valence-electron chi connectivity index (χ1n) is 12.9. The first-order valence-corrected chi connectivity index (χ1v) is 13.6. The van der Waals surface area contributed by atoms with Gasteiger partial charge >= 0.3 is 5.97 Å². The van der Waals surface area contributed by atoms with Crippen LogP contribution in [0, 0.1) is 10.1 Å². The molecule has 3 N–H and O–H groups in total. The van der Waals surface area contributed by atoms with E-state index in [0.29, 0.717) is 6.42 Å². The Hall–Kier alpha value is -3.99. The number of carbonyl (C=O) groups is 3. The maximum Gasteiger partial charge on any atom is 0.330 e. The molecule has 1 unspecified atom stereocenters. The van der Waals surface area contributed by atoms with Crippen molar-refractivity contribution in [1.29, 1.82) is 0 Å². The highest BCUT2D eigenvalue weighted by Crippen LogP contribution is 2.33. The molecule has 0 bridgehead atoms. The molecule has 0 radical (unpaired) electrons. The van der Waals surface area contributed by atoms with Crippen molar-refractivity contribution in [2.75, 3.05) is 20.2 Å². The minimum Gasteiger partial charge on any atom is -0.467 e. The van der Waals surface area contributed by atoms with Crippen molar-refractivity contribution in [3.8, 4) is 11.1 Å². The number of nitro benzene ring substituents is 1. The van der Waals surface area contributed by atoms with Crippen LogP contribution in [0.3, 0.4) is 0 Å². The van der Waals surface area contributed by atoms with Gasteiger partial charge in [0.2, 0.25) is 5.91 Å². The molecule has 10 nitrogen and oxygen atoms in total. The van der Waals surface area contributed by atoms with E-state index in [9.17, 15) is 24.5 Å². The van der Waals surface area contributed by atoms with Crippen molar-refractivity contribution in [1.82, 2.24) is 16.0 Å². The summed E-state index contributed by atoms with van der Waals surface area (Å²) in [4.78, 5) is 48.9. The third kappa shape index (κ3) is 7.40. The average molecular weight is 599 g/mol. The van der Waals surface area contributed by atoms with Crippen LogP contribution < -0.4 is 16.0 Å². The number of nitrogens with zero attached hydrogens (tertiary/aromatic N) is 1. The highest BCUT2D eigenvalue weighted by atomic mass is 35.5. The summed E-state index contributed by atoms with van der Waals surface area (Å²) in [5.74, 6) is -1.91. The number of non-ortho nitro benzene ring substituents is 1. The molecule has 2 atom stereocenters. The highest BCUT2D eigenvalue weighted by Gasteiger charge is 2.27. The number of halogens is 2. The lowest BCUT2D eigenvalue weighted by Crippen LogP contribution is -2.50. The van der Waals surface area contributed by atoms with Crippen LogP contribution in [0.25, 0.3) is 11.1 Å². The number of amides is 2. The Kier molecular flexibility index (Phi) is 9.93. The molecule has 3 aromatic carbocycles. The summed E-state index contributed by atoms with van der Waals surface area (Å²) < 4.78 is 4.80. The number of carbonyl (C=O) groups excluding carboxylic acids is 3. The number of fused-ring (bicyclic) bond motifs is 1.